The number of benzene rings is 2. The minimum Gasteiger partial charge on any atom is -0.339 e. The lowest BCUT2D eigenvalue weighted by atomic mass is 10.2. The van der Waals surface area contributed by atoms with Crippen molar-refractivity contribution in [3.05, 3.63) is 64.9 Å². The number of amides is 1. The molecule has 29 heavy (non-hydrogen) atoms. The highest BCUT2D eigenvalue weighted by molar-refractivity contribution is 7.89. The summed E-state index contributed by atoms with van der Waals surface area (Å²) >= 11 is 6.17. The first-order valence-corrected chi connectivity index (χ1v) is 11.0. The highest BCUT2D eigenvalue weighted by atomic mass is 35.5. The number of carbonyl (C=O) groups is 1. The van der Waals surface area contributed by atoms with Crippen LogP contribution in [0.25, 0.3) is 0 Å². The maximum absolute atomic E-state index is 13.1. The number of hydrogen-bond donors (Lipinski definition) is 0. The smallest absolute Gasteiger partial charge is 0.243 e. The molecule has 0 N–H and O–H groups in total. The van der Waals surface area contributed by atoms with Crippen molar-refractivity contribution in [1.82, 2.24) is 14.1 Å². The topological polar surface area (TPSA) is 60.9 Å². The third kappa shape index (κ3) is 5.33. The predicted molar refractivity (Wildman–Crippen MR) is 110 cm³/mol. The predicted octanol–water partition coefficient (Wildman–Crippen LogP) is 2.44. The Morgan fingerprint density at radius 1 is 1.07 bits per heavy atom. The summed E-state index contributed by atoms with van der Waals surface area (Å²) in [5.74, 6) is -0.543. The second kappa shape index (κ2) is 9.21. The highest BCUT2D eigenvalue weighted by Gasteiger charge is 2.30. The molecule has 6 nitrogen and oxygen atoms in total. The fourth-order valence-corrected chi connectivity index (χ4v) is 4.86. The summed E-state index contributed by atoms with van der Waals surface area (Å²) in [5.41, 5.74) is 0.944. The van der Waals surface area contributed by atoms with Crippen molar-refractivity contribution >= 4 is 27.5 Å². The maximum atomic E-state index is 13.1. The van der Waals surface area contributed by atoms with Crippen LogP contribution in [0.4, 0.5) is 4.39 Å². The van der Waals surface area contributed by atoms with Crippen LogP contribution in [0.15, 0.2) is 53.4 Å². The highest BCUT2D eigenvalue weighted by Crippen LogP contribution is 2.19. The number of hydrogen-bond acceptors (Lipinski definition) is 4. The van der Waals surface area contributed by atoms with Gasteiger partial charge in [-0.3, -0.25) is 9.69 Å². The van der Waals surface area contributed by atoms with Crippen molar-refractivity contribution in [2.75, 3.05) is 39.8 Å². The Labute approximate surface area is 175 Å². The van der Waals surface area contributed by atoms with Gasteiger partial charge in [0.05, 0.1) is 11.4 Å². The van der Waals surface area contributed by atoms with E-state index in [1.165, 1.54) is 16.4 Å². The summed E-state index contributed by atoms with van der Waals surface area (Å²) < 4.78 is 39.7. The zero-order chi connectivity index (χ0) is 21.0. The van der Waals surface area contributed by atoms with Crippen LogP contribution < -0.4 is 0 Å². The minimum atomic E-state index is -3.69. The van der Waals surface area contributed by atoms with Gasteiger partial charge in [-0.25, -0.2) is 12.8 Å². The summed E-state index contributed by atoms with van der Waals surface area (Å²) in [6, 6.07) is 12.3. The summed E-state index contributed by atoms with van der Waals surface area (Å²) in [6.45, 7) is 1.82. The molecule has 0 radical (unpaired) electrons. The number of rotatable bonds is 6. The van der Waals surface area contributed by atoms with Crippen molar-refractivity contribution in [3.63, 3.8) is 0 Å². The van der Waals surface area contributed by atoms with Gasteiger partial charge in [-0.15, -0.1) is 0 Å². The van der Waals surface area contributed by atoms with E-state index in [0.29, 0.717) is 24.7 Å². The van der Waals surface area contributed by atoms with Crippen LogP contribution in [-0.4, -0.2) is 68.2 Å². The zero-order valence-electron chi connectivity index (χ0n) is 16.1. The number of nitrogens with zero attached hydrogens (tertiary/aromatic N) is 3. The molecule has 1 heterocycles. The number of sulfonamides is 1. The lowest BCUT2D eigenvalue weighted by Gasteiger charge is -2.34. The van der Waals surface area contributed by atoms with Crippen LogP contribution in [0.2, 0.25) is 5.02 Å². The Morgan fingerprint density at radius 2 is 1.69 bits per heavy atom. The molecule has 1 aliphatic heterocycles. The minimum absolute atomic E-state index is 0.0538. The molecule has 0 unspecified atom stereocenters. The van der Waals surface area contributed by atoms with Crippen LogP contribution in [0.5, 0.6) is 0 Å². The third-order valence-corrected chi connectivity index (χ3v) is 7.13. The summed E-state index contributed by atoms with van der Waals surface area (Å²) in [7, 11) is -1.85. The largest absolute Gasteiger partial charge is 0.339 e. The van der Waals surface area contributed by atoms with Gasteiger partial charge in [-0.1, -0.05) is 29.8 Å². The molecule has 9 heteroatoms. The first kappa shape index (κ1) is 21.7. The standard InChI is InChI=1S/C20H23ClFN3O3S/c1-23(14-16-4-2-3-5-19(16)21)15-20(26)24-10-12-25(13-11-24)29(27,28)18-8-6-17(22)7-9-18/h2-9H,10-15H2,1H3. The molecule has 0 bridgehead atoms. The third-order valence-electron chi connectivity index (χ3n) is 4.85. The van der Waals surface area contributed by atoms with Crippen LogP contribution in [0, 0.1) is 5.82 Å². The van der Waals surface area contributed by atoms with Crippen molar-refractivity contribution in [2.24, 2.45) is 0 Å². The quantitative estimate of drug-likeness (QED) is 0.693. The number of halogens is 2. The molecule has 1 aliphatic rings. The van der Waals surface area contributed by atoms with E-state index in [2.05, 4.69) is 0 Å². The summed E-state index contributed by atoms with van der Waals surface area (Å²) in [4.78, 5) is 16.2. The molecule has 0 saturated carbocycles. The lowest BCUT2D eigenvalue weighted by Crippen LogP contribution is -2.52. The van der Waals surface area contributed by atoms with E-state index in [1.807, 2.05) is 36.2 Å². The van der Waals surface area contributed by atoms with E-state index in [9.17, 15) is 17.6 Å². The fraction of sp³-hybridized carbons (Fsp3) is 0.350. The van der Waals surface area contributed by atoms with Gasteiger partial charge < -0.3 is 4.90 Å². The first-order valence-electron chi connectivity index (χ1n) is 9.23. The molecule has 0 atom stereocenters. The Hall–Kier alpha value is -2.00. The van der Waals surface area contributed by atoms with E-state index in [0.717, 1.165) is 17.7 Å². The molecule has 0 aromatic heterocycles. The van der Waals surface area contributed by atoms with E-state index in [-0.39, 0.29) is 30.4 Å². The average Bonchev–Trinajstić information content (AvgIpc) is 2.70. The van der Waals surface area contributed by atoms with E-state index >= 15 is 0 Å². The Balaban J connectivity index is 1.54. The monoisotopic (exact) mass is 439 g/mol. The molecule has 1 amide bonds. The van der Waals surface area contributed by atoms with Crippen LogP contribution >= 0.6 is 11.6 Å². The molecule has 1 saturated heterocycles. The van der Waals surface area contributed by atoms with Gasteiger partial charge in [-0.2, -0.15) is 4.31 Å². The molecule has 2 aromatic rings. The van der Waals surface area contributed by atoms with E-state index in [4.69, 9.17) is 11.6 Å². The Morgan fingerprint density at radius 3 is 2.31 bits per heavy atom. The first-order chi connectivity index (χ1) is 13.8. The summed E-state index contributed by atoms with van der Waals surface area (Å²) in [6.07, 6.45) is 0. The van der Waals surface area contributed by atoms with E-state index < -0.39 is 15.8 Å². The second-order valence-corrected chi connectivity index (χ2v) is 9.35. The number of likely N-dealkylation sites (N-methyl/N-ethyl adjacent to an activating group) is 1. The lowest BCUT2D eigenvalue weighted by molar-refractivity contribution is -0.133. The molecule has 2 aromatic carbocycles. The second-order valence-electron chi connectivity index (χ2n) is 7.00. The van der Waals surface area contributed by atoms with Crippen LogP contribution in [0.1, 0.15) is 5.56 Å². The molecule has 0 spiro atoms. The van der Waals surface area contributed by atoms with E-state index in [1.54, 1.807) is 4.90 Å². The number of carbonyl (C=O) groups excluding carboxylic acids is 1. The average molecular weight is 440 g/mol. The molecule has 156 valence electrons. The molecular formula is C20H23ClFN3O3S. The Bertz CT molecular complexity index is 961. The van der Waals surface area contributed by atoms with Gasteiger partial charge in [0, 0.05) is 37.7 Å². The van der Waals surface area contributed by atoms with Crippen LogP contribution in [0.3, 0.4) is 0 Å². The van der Waals surface area contributed by atoms with Gasteiger partial charge in [-0.05, 0) is 42.9 Å². The number of piperazine rings is 1. The van der Waals surface area contributed by atoms with Crippen LogP contribution in [-0.2, 0) is 21.4 Å². The van der Waals surface area contributed by atoms with Crippen molar-refractivity contribution in [3.8, 4) is 0 Å². The van der Waals surface area contributed by atoms with Gasteiger partial charge in [0.15, 0.2) is 0 Å². The normalized spacial score (nSPS) is 15.7. The molecule has 3 rings (SSSR count). The van der Waals surface area contributed by atoms with Crippen molar-refractivity contribution in [2.45, 2.75) is 11.4 Å². The molecule has 1 fully saturated rings. The van der Waals surface area contributed by atoms with Gasteiger partial charge in [0.2, 0.25) is 15.9 Å². The Kier molecular flexibility index (Phi) is 6.89. The fourth-order valence-electron chi connectivity index (χ4n) is 3.24. The maximum Gasteiger partial charge on any atom is 0.243 e. The molecule has 0 aliphatic carbocycles. The van der Waals surface area contributed by atoms with Gasteiger partial charge in [0.1, 0.15) is 5.82 Å². The van der Waals surface area contributed by atoms with Crippen molar-refractivity contribution < 1.29 is 17.6 Å². The zero-order valence-corrected chi connectivity index (χ0v) is 17.7. The molecular weight excluding hydrogens is 417 g/mol. The van der Waals surface area contributed by atoms with Gasteiger partial charge >= 0.3 is 0 Å². The van der Waals surface area contributed by atoms with Crippen molar-refractivity contribution in [1.29, 1.82) is 0 Å². The SMILES string of the molecule is CN(CC(=O)N1CCN(S(=O)(=O)c2ccc(F)cc2)CC1)Cc1ccccc1Cl. The summed E-state index contributed by atoms with van der Waals surface area (Å²) in [5, 5.41) is 0.659. The van der Waals surface area contributed by atoms with Gasteiger partial charge in [0.25, 0.3) is 0 Å².